The van der Waals surface area contributed by atoms with Gasteiger partial charge in [0.15, 0.2) is 13.1 Å². The maximum absolute atomic E-state index is 13.1. The molecule has 8 aromatic rings. The fraction of sp³-hybridized carbons (Fsp3) is 0.321. The van der Waals surface area contributed by atoms with Crippen LogP contribution in [-0.2, 0) is 13.1 Å². The zero-order valence-electron chi connectivity index (χ0n) is 38.0. The van der Waals surface area contributed by atoms with Crippen LogP contribution in [0.4, 0.5) is 11.4 Å². The number of benzene rings is 4. The molecule has 0 fully saturated rings. The number of thiazole rings is 2. The van der Waals surface area contributed by atoms with Crippen molar-refractivity contribution in [3.8, 4) is 0 Å². The Morgan fingerprint density at radius 3 is 1.38 bits per heavy atom. The molecule has 4 heterocycles. The van der Waals surface area contributed by atoms with Crippen LogP contribution in [0.2, 0.25) is 0 Å². The summed E-state index contributed by atoms with van der Waals surface area (Å²) in [7, 11) is 0. The Balaban J connectivity index is 0.804. The number of hydrogen-bond donors (Lipinski definition) is 2. The molecule has 4 aromatic carbocycles. The summed E-state index contributed by atoms with van der Waals surface area (Å²) in [5.74, 6) is 0. The molecule has 0 radical (unpaired) electrons. The summed E-state index contributed by atoms with van der Waals surface area (Å²) in [6.07, 6.45) is 11.2. The molecule has 0 unspecified atom stereocenters. The summed E-state index contributed by atoms with van der Waals surface area (Å²) in [6, 6.07) is 33.0. The first-order valence-corrected chi connectivity index (χ1v) is 24.8. The first-order valence-electron chi connectivity index (χ1n) is 23.1. The number of anilines is 2. The molecule has 12 heteroatoms. The number of rotatable bonds is 22. The molecule has 0 saturated heterocycles. The van der Waals surface area contributed by atoms with Crippen LogP contribution < -0.4 is 40.8 Å². The third kappa shape index (κ3) is 10.8. The molecule has 0 aliphatic heterocycles. The molecule has 0 aliphatic carbocycles. The first kappa shape index (κ1) is 45.6. The maximum Gasteiger partial charge on any atom is 0.343 e. The number of unbranched alkanes of at least 4 members (excludes halogenated alkanes) is 2. The molecule has 0 atom stereocenters. The first-order chi connectivity index (χ1) is 31.9. The average molecular weight is 909 g/mol. The molecular formula is C53H60N6O4S2+2. The molecule has 2 N–H and O–H groups in total. The van der Waals surface area contributed by atoms with Gasteiger partial charge in [-0.15, -0.1) is 0 Å². The van der Waals surface area contributed by atoms with Crippen molar-refractivity contribution in [2.75, 3.05) is 62.2 Å². The highest BCUT2D eigenvalue weighted by Crippen LogP contribution is 2.26. The van der Waals surface area contributed by atoms with Crippen LogP contribution in [0.15, 0.2) is 115 Å². The molecule has 10 nitrogen and oxygen atoms in total. The van der Waals surface area contributed by atoms with Gasteiger partial charge in [-0.1, -0.05) is 53.4 Å². The predicted molar refractivity (Wildman–Crippen MR) is 274 cm³/mol. The van der Waals surface area contributed by atoms with E-state index in [0.717, 1.165) is 117 Å². The Morgan fingerprint density at radius 1 is 0.523 bits per heavy atom. The van der Waals surface area contributed by atoms with Crippen LogP contribution in [-0.4, -0.2) is 52.4 Å². The Labute approximate surface area is 388 Å². The van der Waals surface area contributed by atoms with Crippen molar-refractivity contribution in [1.29, 1.82) is 0 Å². The lowest BCUT2D eigenvalue weighted by Crippen LogP contribution is -2.40. The van der Waals surface area contributed by atoms with E-state index in [9.17, 15) is 9.59 Å². The van der Waals surface area contributed by atoms with Crippen molar-refractivity contribution in [1.82, 2.24) is 10.6 Å². The van der Waals surface area contributed by atoms with Crippen LogP contribution in [0.5, 0.6) is 0 Å². The van der Waals surface area contributed by atoms with Gasteiger partial charge in [0.05, 0.1) is 24.2 Å². The fourth-order valence-corrected chi connectivity index (χ4v) is 10.7. The number of nitrogens with zero attached hydrogens (tertiary/aromatic N) is 4. The van der Waals surface area contributed by atoms with Gasteiger partial charge in [-0.05, 0) is 114 Å². The normalized spacial score (nSPS) is 12.0. The molecule has 8 rings (SSSR count). The SMILES string of the molecule is CCN(CC)c1ccc2cc(/C=C/c3sc4ccccc4[n+]3CCNCCCCCNCC[n+]3c(/C=C/c4cc5ccc(N(CC)CC)cc5oc4=O)sc4ccccc43)c(=O)oc2c1. The smallest absolute Gasteiger partial charge is 0.343 e. The van der Waals surface area contributed by atoms with Crippen molar-refractivity contribution in [2.45, 2.75) is 60.0 Å². The summed E-state index contributed by atoms with van der Waals surface area (Å²) in [4.78, 5) is 30.6. The second-order valence-corrected chi connectivity index (χ2v) is 18.2. The Bertz CT molecular complexity index is 2860. The van der Waals surface area contributed by atoms with E-state index in [2.05, 4.69) is 118 Å². The molecule has 4 aromatic heterocycles. The average Bonchev–Trinajstić information content (AvgIpc) is 3.87. The van der Waals surface area contributed by atoms with Crippen molar-refractivity contribution in [3.63, 3.8) is 0 Å². The van der Waals surface area contributed by atoms with Gasteiger partial charge in [-0.3, -0.25) is 0 Å². The lowest BCUT2D eigenvalue weighted by Gasteiger charge is -2.20. The minimum absolute atomic E-state index is 0.331. The van der Waals surface area contributed by atoms with Gasteiger partial charge >= 0.3 is 11.3 Å². The summed E-state index contributed by atoms with van der Waals surface area (Å²) in [6.45, 7) is 17.3. The van der Waals surface area contributed by atoms with Gasteiger partial charge < -0.3 is 29.3 Å². The highest BCUT2D eigenvalue weighted by atomic mass is 32.1. The zero-order valence-corrected chi connectivity index (χ0v) is 39.6. The van der Waals surface area contributed by atoms with E-state index in [1.807, 2.05) is 60.7 Å². The van der Waals surface area contributed by atoms with Crippen LogP contribution in [0.25, 0.3) is 66.7 Å². The zero-order chi connectivity index (χ0) is 45.1. The number of hydrogen-bond acceptors (Lipinski definition) is 10. The third-order valence-electron chi connectivity index (χ3n) is 12.1. The minimum Gasteiger partial charge on any atom is -0.422 e. The highest BCUT2D eigenvalue weighted by Gasteiger charge is 2.20. The molecule has 65 heavy (non-hydrogen) atoms. The van der Waals surface area contributed by atoms with Gasteiger partial charge in [-0.2, -0.15) is 9.13 Å². The quantitative estimate of drug-likeness (QED) is 0.0394. The predicted octanol–water partition coefficient (Wildman–Crippen LogP) is 9.99. The molecule has 336 valence electrons. The summed E-state index contributed by atoms with van der Waals surface area (Å²) < 4.78 is 18.7. The fourth-order valence-electron chi connectivity index (χ4n) is 8.48. The van der Waals surface area contributed by atoms with Crippen LogP contribution >= 0.6 is 22.7 Å². The Morgan fingerprint density at radius 2 is 0.954 bits per heavy atom. The van der Waals surface area contributed by atoms with Crippen molar-refractivity contribution >= 4 is 101 Å². The van der Waals surface area contributed by atoms with E-state index >= 15 is 0 Å². The third-order valence-corrected chi connectivity index (χ3v) is 14.3. The second kappa shape index (κ2) is 21.8. The van der Waals surface area contributed by atoms with Gasteiger partial charge in [-0.25, -0.2) is 9.59 Å². The lowest BCUT2D eigenvalue weighted by atomic mass is 10.1. The highest BCUT2D eigenvalue weighted by molar-refractivity contribution is 7.19. The standard InChI is InChI=1S/C53H60N6O4S2/c1-5-56(6-2)42-24-20-38-34-40(52(60)62-46(38)36-42)22-26-50-58(44-16-10-12-18-48(44)64-50)32-30-54-28-14-9-15-29-55-31-33-59-45-17-11-13-19-49(45)65-51(59)27-23-41-35-39-21-25-43(57(7-3)8-4)37-47(39)63-53(41)61/h10-13,16-27,34-37,54-55H,5-9,14-15,28-33H2,1-4H3/q+2. The summed E-state index contributed by atoms with van der Waals surface area (Å²) in [5, 5.41) is 11.3. The van der Waals surface area contributed by atoms with Gasteiger partial charge in [0, 0.05) is 84.7 Å². The van der Waals surface area contributed by atoms with E-state index < -0.39 is 0 Å². The number of fused-ring (bicyclic) bond motifs is 4. The van der Waals surface area contributed by atoms with E-state index in [1.54, 1.807) is 22.7 Å². The largest absolute Gasteiger partial charge is 0.422 e. The topological polar surface area (TPSA) is 98.7 Å². The van der Waals surface area contributed by atoms with E-state index in [1.165, 1.54) is 20.4 Å². The van der Waals surface area contributed by atoms with Crippen molar-refractivity contribution < 1.29 is 18.0 Å². The van der Waals surface area contributed by atoms with E-state index in [-0.39, 0.29) is 11.3 Å². The maximum atomic E-state index is 13.1. The summed E-state index contributed by atoms with van der Waals surface area (Å²) >= 11 is 3.46. The van der Waals surface area contributed by atoms with Gasteiger partial charge in [0.2, 0.25) is 11.0 Å². The van der Waals surface area contributed by atoms with Crippen molar-refractivity contribution in [2.24, 2.45) is 0 Å². The van der Waals surface area contributed by atoms with Gasteiger partial charge in [0.25, 0.3) is 10.0 Å². The number of para-hydroxylation sites is 2. The lowest BCUT2D eigenvalue weighted by molar-refractivity contribution is -0.666. The van der Waals surface area contributed by atoms with Crippen LogP contribution in [0.3, 0.4) is 0 Å². The minimum atomic E-state index is -0.331. The molecule has 0 saturated carbocycles. The van der Waals surface area contributed by atoms with E-state index in [0.29, 0.717) is 22.3 Å². The molecule has 0 spiro atoms. The molecule has 0 aliphatic rings. The molecule has 0 amide bonds. The van der Waals surface area contributed by atoms with Crippen LogP contribution in [0.1, 0.15) is 68.1 Å². The Hall–Kier alpha value is -5.92. The van der Waals surface area contributed by atoms with Crippen LogP contribution in [0, 0.1) is 0 Å². The molecule has 0 bridgehead atoms. The second-order valence-electron chi connectivity index (χ2n) is 16.1. The molecular weight excluding hydrogens is 849 g/mol. The summed E-state index contributed by atoms with van der Waals surface area (Å²) in [5.41, 5.74) is 6.14. The number of nitrogens with one attached hydrogen (secondary N) is 2. The monoisotopic (exact) mass is 908 g/mol. The number of aromatic nitrogens is 2. The van der Waals surface area contributed by atoms with E-state index in [4.69, 9.17) is 8.83 Å². The van der Waals surface area contributed by atoms with Crippen molar-refractivity contribution in [3.05, 3.63) is 139 Å². The van der Waals surface area contributed by atoms with Gasteiger partial charge in [0.1, 0.15) is 20.6 Å². The Kier molecular flexibility index (Phi) is 15.3.